The Balaban J connectivity index is 1.55. The molecule has 1 saturated heterocycles. The van der Waals surface area contributed by atoms with Gasteiger partial charge in [-0.2, -0.15) is 0 Å². The number of pyridine rings is 1. The summed E-state index contributed by atoms with van der Waals surface area (Å²) in [6.07, 6.45) is 2.59. The lowest BCUT2D eigenvalue weighted by Gasteiger charge is -2.31. The second-order valence-electron chi connectivity index (χ2n) is 6.16. The highest BCUT2D eigenvalue weighted by molar-refractivity contribution is 5.94. The van der Waals surface area contributed by atoms with Crippen LogP contribution in [0.25, 0.3) is 16.9 Å². The lowest BCUT2D eigenvalue weighted by Crippen LogP contribution is -2.42. The molecular weight excluding hydrogens is 326 g/mol. The minimum Gasteiger partial charge on any atom is -0.338 e. The molecule has 0 aliphatic carbocycles. The number of nitrogens with zero attached hydrogens (tertiary/aromatic N) is 4. The van der Waals surface area contributed by atoms with Crippen LogP contribution < -0.4 is 0 Å². The predicted octanol–water partition coefficient (Wildman–Crippen LogP) is 3.29. The van der Waals surface area contributed by atoms with E-state index in [1.165, 1.54) is 11.1 Å². The van der Waals surface area contributed by atoms with E-state index in [1.54, 1.807) is 18.5 Å². The number of imidazole rings is 1. The standard InChI is InChI=1S/C18H16F2N4O/c19-18(20)7-9-23(10-8-18)17(25)13-5-6-16(21-11-13)24-12-22-14-3-1-2-4-15(14)24/h1-6,11-12H,7-10H2. The Morgan fingerprint density at radius 2 is 1.80 bits per heavy atom. The summed E-state index contributed by atoms with van der Waals surface area (Å²) in [6.45, 7) is 0.138. The van der Waals surface area contributed by atoms with Gasteiger partial charge in [-0.05, 0) is 24.3 Å². The van der Waals surface area contributed by atoms with Crippen LogP contribution in [0, 0.1) is 0 Å². The lowest BCUT2D eigenvalue weighted by atomic mass is 10.1. The molecule has 1 amide bonds. The van der Waals surface area contributed by atoms with Crippen LogP contribution in [0.1, 0.15) is 23.2 Å². The van der Waals surface area contributed by atoms with Crippen LogP contribution in [0.4, 0.5) is 8.78 Å². The zero-order chi connectivity index (χ0) is 17.4. The van der Waals surface area contributed by atoms with Crippen molar-refractivity contribution < 1.29 is 13.6 Å². The van der Waals surface area contributed by atoms with Crippen LogP contribution in [-0.4, -0.2) is 44.4 Å². The van der Waals surface area contributed by atoms with E-state index in [2.05, 4.69) is 9.97 Å². The summed E-state index contributed by atoms with van der Waals surface area (Å²) in [4.78, 5) is 22.6. The summed E-state index contributed by atoms with van der Waals surface area (Å²) in [5.74, 6) is -2.28. The van der Waals surface area contributed by atoms with E-state index in [4.69, 9.17) is 0 Å². The van der Waals surface area contributed by atoms with Gasteiger partial charge in [-0.1, -0.05) is 12.1 Å². The highest BCUT2D eigenvalue weighted by Gasteiger charge is 2.35. The first-order chi connectivity index (χ1) is 12.0. The second-order valence-corrected chi connectivity index (χ2v) is 6.16. The minimum atomic E-state index is -2.67. The highest BCUT2D eigenvalue weighted by Crippen LogP contribution is 2.28. The quantitative estimate of drug-likeness (QED) is 0.718. The summed E-state index contributed by atoms with van der Waals surface area (Å²) >= 11 is 0. The van der Waals surface area contributed by atoms with Crippen LogP contribution >= 0.6 is 0 Å². The van der Waals surface area contributed by atoms with Gasteiger partial charge in [0.15, 0.2) is 0 Å². The molecule has 0 unspecified atom stereocenters. The molecule has 1 aliphatic heterocycles. The summed E-state index contributed by atoms with van der Waals surface area (Å²) in [5.41, 5.74) is 2.18. The van der Waals surface area contributed by atoms with Crippen LogP contribution in [-0.2, 0) is 0 Å². The van der Waals surface area contributed by atoms with Crippen molar-refractivity contribution in [3.8, 4) is 5.82 Å². The molecule has 1 fully saturated rings. The Bertz CT molecular complexity index is 910. The highest BCUT2D eigenvalue weighted by atomic mass is 19.3. The molecule has 4 rings (SSSR count). The van der Waals surface area contributed by atoms with Gasteiger partial charge < -0.3 is 4.90 Å². The van der Waals surface area contributed by atoms with E-state index in [1.807, 2.05) is 28.8 Å². The first kappa shape index (κ1) is 15.7. The van der Waals surface area contributed by atoms with Gasteiger partial charge in [-0.25, -0.2) is 18.7 Å². The number of aromatic nitrogens is 3. The number of para-hydroxylation sites is 2. The van der Waals surface area contributed by atoms with E-state index < -0.39 is 5.92 Å². The normalized spacial score (nSPS) is 17.0. The number of alkyl halides is 2. The molecule has 7 heteroatoms. The number of amides is 1. The van der Waals surface area contributed by atoms with Crippen LogP contribution in [0.2, 0.25) is 0 Å². The first-order valence-electron chi connectivity index (χ1n) is 8.09. The molecule has 0 atom stereocenters. The molecule has 5 nitrogen and oxygen atoms in total. The van der Waals surface area contributed by atoms with Crippen molar-refractivity contribution in [3.05, 3.63) is 54.5 Å². The molecule has 1 aromatic carbocycles. The molecule has 0 bridgehead atoms. The molecule has 2 aromatic heterocycles. The Morgan fingerprint density at radius 1 is 1.04 bits per heavy atom. The maximum Gasteiger partial charge on any atom is 0.255 e. The van der Waals surface area contributed by atoms with Crippen molar-refractivity contribution in [1.82, 2.24) is 19.4 Å². The fourth-order valence-electron chi connectivity index (χ4n) is 3.02. The average molecular weight is 342 g/mol. The molecule has 0 N–H and O–H groups in total. The molecule has 1 aliphatic rings. The summed E-state index contributed by atoms with van der Waals surface area (Å²) in [5, 5.41) is 0. The minimum absolute atomic E-state index is 0.0692. The van der Waals surface area contributed by atoms with E-state index in [9.17, 15) is 13.6 Å². The number of hydrogen-bond acceptors (Lipinski definition) is 3. The van der Waals surface area contributed by atoms with Crippen LogP contribution in [0.3, 0.4) is 0 Å². The third-order valence-electron chi connectivity index (χ3n) is 4.48. The zero-order valence-corrected chi connectivity index (χ0v) is 13.4. The Kier molecular flexibility index (Phi) is 3.71. The number of carbonyl (C=O) groups is 1. The number of likely N-dealkylation sites (tertiary alicyclic amines) is 1. The first-order valence-corrected chi connectivity index (χ1v) is 8.09. The molecule has 0 saturated carbocycles. The Labute approximate surface area is 142 Å². The van der Waals surface area contributed by atoms with Gasteiger partial charge >= 0.3 is 0 Å². The third kappa shape index (κ3) is 2.97. The number of benzene rings is 1. The van der Waals surface area contributed by atoms with Gasteiger partial charge in [0.2, 0.25) is 0 Å². The van der Waals surface area contributed by atoms with Crippen molar-refractivity contribution in [2.45, 2.75) is 18.8 Å². The van der Waals surface area contributed by atoms with E-state index in [0.29, 0.717) is 11.4 Å². The van der Waals surface area contributed by atoms with Gasteiger partial charge in [0.1, 0.15) is 12.1 Å². The summed E-state index contributed by atoms with van der Waals surface area (Å²) in [7, 11) is 0. The largest absolute Gasteiger partial charge is 0.338 e. The Hall–Kier alpha value is -2.83. The third-order valence-corrected chi connectivity index (χ3v) is 4.48. The van der Waals surface area contributed by atoms with Crippen molar-refractivity contribution in [2.75, 3.05) is 13.1 Å². The number of rotatable bonds is 2. The molecule has 3 heterocycles. The van der Waals surface area contributed by atoms with Gasteiger partial charge in [0.25, 0.3) is 11.8 Å². The fourth-order valence-corrected chi connectivity index (χ4v) is 3.02. The zero-order valence-electron chi connectivity index (χ0n) is 13.4. The van der Waals surface area contributed by atoms with Crippen LogP contribution in [0.15, 0.2) is 48.9 Å². The van der Waals surface area contributed by atoms with Crippen molar-refractivity contribution in [1.29, 1.82) is 0 Å². The number of piperidine rings is 1. The lowest BCUT2D eigenvalue weighted by molar-refractivity contribution is -0.0494. The van der Waals surface area contributed by atoms with E-state index in [-0.39, 0.29) is 31.8 Å². The SMILES string of the molecule is O=C(c1ccc(-n2cnc3ccccc32)nc1)N1CCC(F)(F)CC1. The summed E-state index contributed by atoms with van der Waals surface area (Å²) in [6, 6.07) is 11.1. The molecule has 0 spiro atoms. The topological polar surface area (TPSA) is 51.0 Å². The van der Waals surface area contributed by atoms with Crippen LogP contribution in [0.5, 0.6) is 0 Å². The summed E-state index contributed by atoms with van der Waals surface area (Å²) < 4.78 is 28.3. The van der Waals surface area contributed by atoms with Crippen molar-refractivity contribution >= 4 is 16.9 Å². The number of fused-ring (bicyclic) bond motifs is 1. The molecular formula is C18H16F2N4O. The Morgan fingerprint density at radius 3 is 2.52 bits per heavy atom. The van der Waals surface area contributed by atoms with E-state index >= 15 is 0 Å². The molecule has 128 valence electrons. The second kappa shape index (κ2) is 5.91. The molecule has 3 aromatic rings. The maximum atomic E-state index is 13.2. The fraction of sp³-hybridized carbons (Fsp3) is 0.278. The number of carbonyl (C=O) groups excluding carboxylic acids is 1. The molecule has 25 heavy (non-hydrogen) atoms. The van der Waals surface area contributed by atoms with Gasteiger partial charge in [0, 0.05) is 32.1 Å². The number of halogens is 2. The average Bonchev–Trinajstić information content (AvgIpc) is 3.05. The van der Waals surface area contributed by atoms with Crippen molar-refractivity contribution in [2.24, 2.45) is 0 Å². The molecule has 0 radical (unpaired) electrons. The predicted molar refractivity (Wildman–Crippen MR) is 88.9 cm³/mol. The smallest absolute Gasteiger partial charge is 0.255 e. The van der Waals surface area contributed by atoms with Gasteiger partial charge in [0.05, 0.1) is 16.6 Å². The van der Waals surface area contributed by atoms with Crippen molar-refractivity contribution in [3.63, 3.8) is 0 Å². The maximum absolute atomic E-state index is 13.2. The monoisotopic (exact) mass is 342 g/mol. The van der Waals surface area contributed by atoms with E-state index in [0.717, 1.165) is 11.0 Å². The van der Waals surface area contributed by atoms with Gasteiger partial charge in [-0.3, -0.25) is 9.36 Å². The number of hydrogen-bond donors (Lipinski definition) is 0. The van der Waals surface area contributed by atoms with Gasteiger partial charge in [-0.15, -0.1) is 0 Å².